The van der Waals surface area contributed by atoms with Crippen LogP contribution >= 0.6 is 12.4 Å². The summed E-state index contributed by atoms with van der Waals surface area (Å²) in [5, 5.41) is 3.48. The molecular weight excluding hydrogens is 408 g/mol. The minimum absolute atomic E-state index is 0. The Hall–Kier alpha value is -1.60. The summed E-state index contributed by atoms with van der Waals surface area (Å²) in [4.78, 5) is 2.37. The highest BCUT2D eigenvalue weighted by atomic mass is 35.5. The average Bonchev–Trinajstić information content (AvgIpc) is 2.68. The number of rotatable bonds is 8. The fourth-order valence-electron chi connectivity index (χ4n) is 3.61. The molecule has 7 heteroatoms. The van der Waals surface area contributed by atoms with E-state index in [0.29, 0.717) is 0 Å². The van der Waals surface area contributed by atoms with E-state index in [1.165, 1.54) is 17.5 Å². The van der Waals surface area contributed by atoms with Crippen LogP contribution in [0.5, 0.6) is 0 Å². The molecule has 0 amide bonds. The fraction of sp³-hybridized carbons (Fsp3) is 0.455. The van der Waals surface area contributed by atoms with Gasteiger partial charge in [0.2, 0.25) is 0 Å². The van der Waals surface area contributed by atoms with Crippen LogP contribution in [0.15, 0.2) is 54.6 Å². The van der Waals surface area contributed by atoms with Crippen molar-refractivity contribution in [2.24, 2.45) is 0 Å². The van der Waals surface area contributed by atoms with Gasteiger partial charge in [0.15, 0.2) is 0 Å². The number of anilines is 1. The van der Waals surface area contributed by atoms with Crippen molar-refractivity contribution in [3.63, 3.8) is 0 Å². The summed E-state index contributed by atoms with van der Waals surface area (Å²) >= 11 is 0. The van der Waals surface area contributed by atoms with Gasteiger partial charge in [0.25, 0.3) is 0 Å². The average molecular weight is 439 g/mol. The Bertz CT molecular complexity index is 844. The lowest BCUT2D eigenvalue weighted by atomic mass is 10.0. The molecule has 5 nitrogen and oxygen atoms in total. The maximum atomic E-state index is 11.5. The van der Waals surface area contributed by atoms with Crippen LogP contribution in [0.25, 0.3) is 0 Å². The summed E-state index contributed by atoms with van der Waals surface area (Å²) in [6.45, 7) is 6.08. The van der Waals surface area contributed by atoms with E-state index in [4.69, 9.17) is 4.74 Å². The lowest BCUT2D eigenvalue weighted by molar-refractivity contribution is 0.0407. The lowest BCUT2D eigenvalue weighted by Crippen LogP contribution is -2.46. The SMILES string of the molecule is C[C@@H](CS(C)(=O)=O)c1ccc(CNCC2CN(c3ccccc3)CCO2)cc1.Cl. The predicted molar refractivity (Wildman–Crippen MR) is 122 cm³/mol. The van der Waals surface area contributed by atoms with Crippen LogP contribution in [0.4, 0.5) is 5.69 Å². The Balaban J connectivity index is 0.00000300. The molecule has 1 fully saturated rings. The Morgan fingerprint density at radius 2 is 1.83 bits per heavy atom. The third-order valence-electron chi connectivity index (χ3n) is 5.06. The zero-order valence-corrected chi connectivity index (χ0v) is 18.7. The quantitative estimate of drug-likeness (QED) is 0.685. The number of nitrogens with zero attached hydrogens (tertiary/aromatic N) is 1. The molecule has 2 aromatic rings. The van der Waals surface area contributed by atoms with Crippen molar-refractivity contribution in [1.82, 2.24) is 5.32 Å². The maximum absolute atomic E-state index is 11.5. The molecule has 2 aromatic carbocycles. The fourth-order valence-corrected chi connectivity index (χ4v) is 4.71. The van der Waals surface area contributed by atoms with E-state index in [1.54, 1.807) is 0 Å². The number of benzene rings is 2. The zero-order valence-electron chi connectivity index (χ0n) is 17.1. The van der Waals surface area contributed by atoms with E-state index < -0.39 is 9.84 Å². The van der Waals surface area contributed by atoms with Crippen LogP contribution in [-0.4, -0.2) is 52.8 Å². The molecule has 2 atom stereocenters. The minimum atomic E-state index is -2.96. The van der Waals surface area contributed by atoms with Gasteiger partial charge in [0, 0.05) is 38.1 Å². The molecule has 1 aliphatic heterocycles. The number of hydrogen-bond donors (Lipinski definition) is 1. The second-order valence-corrected chi connectivity index (χ2v) is 9.83. The Morgan fingerprint density at radius 1 is 1.14 bits per heavy atom. The van der Waals surface area contributed by atoms with E-state index in [9.17, 15) is 8.42 Å². The molecule has 0 aromatic heterocycles. The zero-order chi connectivity index (χ0) is 20.0. The molecule has 0 aliphatic carbocycles. The molecule has 0 saturated carbocycles. The number of halogens is 1. The van der Waals surface area contributed by atoms with Crippen molar-refractivity contribution in [3.8, 4) is 0 Å². The second-order valence-electron chi connectivity index (χ2n) is 7.64. The van der Waals surface area contributed by atoms with Gasteiger partial charge in [0.1, 0.15) is 9.84 Å². The number of para-hydroxylation sites is 1. The van der Waals surface area contributed by atoms with Crippen LogP contribution < -0.4 is 10.2 Å². The molecule has 1 N–H and O–H groups in total. The van der Waals surface area contributed by atoms with Gasteiger partial charge in [-0.1, -0.05) is 49.4 Å². The number of hydrogen-bond acceptors (Lipinski definition) is 5. The minimum Gasteiger partial charge on any atom is -0.373 e. The van der Waals surface area contributed by atoms with Gasteiger partial charge < -0.3 is 15.0 Å². The summed E-state index contributed by atoms with van der Waals surface area (Å²) in [6.07, 6.45) is 1.46. The lowest BCUT2D eigenvalue weighted by Gasteiger charge is -2.34. The Kier molecular flexibility index (Phi) is 8.96. The first-order chi connectivity index (χ1) is 13.4. The maximum Gasteiger partial charge on any atom is 0.148 e. The van der Waals surface area contributed by atoms with Crippen molar-refractivity contribution < 1.29 is 13.2 Å². The van der Waals surface area contributed by atoms with E-state index in [0.717, 1.165) is 38.3 Å². The van der Waals surface area contributed by atoms with Crippen LogP contribution in [-0.2, 0) is 21.1 Å². The van der Waals surface area contributed by atoms with Crippen molar-refractivity contribution in [1.29, 1.82) is 0 Å². The molecule has 1 saturated heterocycles. The third kappa shape index (κ3) is 7.63. The number of nitrogens with one attached hydrogen (secondary N) is 1. The van der Waals surface area contributed by atoms with Crippen molar-refractivity contribution in [3.05, 3.63) is 65.7 Å². The summed E-state index contributed by atoms with van der Waals surface area (Å²) in [5.74, 6) is 0.193. The highest BCUT2D eigenvalue weighted by Gasteiger charge is 2.20. The summed E-state index contributed by atoms with van der Waals surface area (Å²) in [6, 6.07) is 18.7. The van der Waals surface area contributed by atoms with Crippen LogP contribution in [0.3, 0.4) is 0 Å². The van der Waals surface area contributed by atoms with Crippen LogP contribution in [0.1, 0.15) is 24.0 Å². The van der Waals surface area contributed by atoms with Crippen molar-refractivity contribution in [2.75, 3.05) is 43.1 Å². The van der Waals surface area contributed by atoms with Gasteiger partial charge in [-0.3, -0.25) is 0 Å². The smallest absolute Gasteiger partial charge is 0.148 e. The highest BCUT2D eigenvalue weighted by molar-refractivity contribution is 7.90. The topological polar surface area (TPSA) is 58.6 Å². The van der Waals surface area contributed by atoms with Crippen molar-refractivity contribution in [2.45, 2.75) is 25.5 Å². The van der Waals surface area contributed by atoms with E-state index in [2.05, 4.69) is 46.6 Å². The molecule has 1 unspecified atom stereocenters. The largest absolute Gasteiger partial charge is 0.373 e. The monoisotopic (exact) mass is 438 g/mol. The number of ether oxygens (including phenoxy) is 1. The van der Waals surface area contributed by atoms with E-state index in [-0.39, 0.29) is 30.2 Å². The molecule has 1 aliphatic rings. The molecule has 1 heterocycles. The predicted octanol–water partition coefficient (Wildman–Crippen LogP) is 3.25. The van der Waals surface area contributed by atoms with Gasteiger partial charge in [-0.05, 0) is 29.2 Å². The number of sulfone groups is 1. The third-order valence-corrected chi connectivity index (χ3v) is 6.17. The molecule has 0 bridgehead atoms. The Labute approximate surface area is 180 Å². The summed E-state index contributed by atoms with van der Waals surface area (Å²) < 4.78 is 28.8. The standard InChI is InChI=1S/C22H30N2O3S.ClH/c1-18(17-28(2,25)26)20-10-8-19(9-11-20)14-23-15-22-16-24(12-13-27-22)21-6-4-3-5-7-21;/h3-11,18,22-23H,12-17H2,1-2H3;1H/t18-,22?;/m0./s1. The van der Waals surface area contributed by atoms with Crippen LogP contribution in [0, 0.1) is 0 Å². The normalized spacial score (nSPS) is 18.1. The van der Waals surface area contributed by atoms with E-state index in [1.807, 2.05) is 25.1 Å². The first-order valence-corrected chi connectivity index (χ1v) is 11.9. The summed E-state index contributed by atoms with van der Waals surface area (Å²) in [5.41, 5.74) is 3.49. The van der Waals surface area contributed by atoms with Gasteiger partial charge in [0.05, 0.1) is 18.5 Å². The molecule has 29 heavy (non-hydrogen) atoms. The van der Waals surface area contributed by atoms with E-state index >= 15 is 0 Å². The molecule has 0 radical (unpaired) electrons. The van der Waals surface area contributed by atoms with Gasteiger partial charge >= 0.3 is 0 Å². The Morgan fingerprint density at radius 3 is 2.48 bits per heavy atom. The highest BCUT2D eigenvalue weighted by Crippen LogP contribution is 2.18. The molecule has 3 rings (SSSR count). The molecular formula is C22H31ClN2O3S. The molecule has 0 spiro atoms. The molecule has 160 valence electrons. The first-order valence-electron chi connectivity index (χ1n) is 9.79. The van der Waals surface area contributed by atoms with Gasteiger partial charge in [-0.15, -0.1) is 12.4 Å². The number of morpholine rings is 1. The van der Waals surface area contributed by atoms with Crippen molar-refractivity contribution >= 4 is 27.9 Å². The first kappa shape index (κ1) is 23.7. The van der Waals surface area contributed by atoms with Gasteiger partial charge in [-0.2, -0.15) is 0 Å². The van der Waals surface area contributed by atoms with Gasteiger partial charge in [-0.25, -0.2) is 8.42 Å². The second kappa shape index (κ2) is 11.0. The van der Waals surface area contributed by atoms with Crippen LogP contribution in [0.2, 0.25) is 0 Å². The summed E-state index contributed by atoms with van der Waals surface area (Å²) in [7, 11) is -2.96.